The van der Waals surface area contributed by atoms with Crippen LogP contribution in [-0.4, -0.2) is 0 Å². The average Bonchev–Trinajstić information content (AvgIpc) is 3.07. The summed E-state index contributed by atoms with van der Waals surface area (Å²) in [6, 6.07) is 33.8. The van der Waals surface area contributed by atoms with Crippen LogP contribution in [0.3, 0.4) is 0 Å². The highest BCUT2D eigenvalue weighted by Gasteiger charge is 2.32. The van der Waals surface area contributed by atoms with Crippen LogP contribution in [-0.2, 0) is 32.5 Å². The van der Waals surface area contributed by atoms with E-state index in [2.05, 4.69) is 216 Å². The molecule has 0 fully saturated rings. The molecule has 0 aliphatic rings. The van der Waals surface area contributed by atoms with Gasteiger partial charge in [0.05, 0.1) is 0 Å². The van der Waals surface area contributed by atoms with E-state index in [1.807, 2.05) is 0 Å². The van der Waals surface area contributed by atoms with E-state index in [1.54, 1.807) is 0 Å². The predicted molar refractivity (Wildman–Crippen MR) is 253 cm³/mol. The molecule has 0 amide bonds. The molecule has 6 aromatic rings. The lowest BCUT2D eigenvalue weighted by atomic mass is 9.83. The summed E-state index contributed by atoms with van der Waals surface area (Å²) in [5, 5.41) is 6.98. The van der Waals surface area contributed by atoms with Crippen molar-refractivity contribution in [3.63, 3.8) is 0 Å². The van der Waals surface area contributed by atoms with Crippen LogP contribution in [0.25, 0.3) is 32.3 Å². The van der Waals surface area contributed by atoms with E-state index in [0.29, 0.717) is 0 Å². The first kappa shape index (κ1) is 43.5. The standard InChI is InChI=1S/C54H69O3P/c1-49(2,3)40-22-19-34-31-46(43(52(10,11)12)28-37(34)25-40)55-58(56-47-32-35-20-23-41(50(4,5)6)26-38(35)29-44(47)53(13,14)15)57-48-33-36-21-24-42(51(7,8)9)27-39(36)30-45(48)54(16,17)18/h19-33H,1-18H3. The Kier molecular flexibility index (Phi) is 11.2. The number of hydrogen-bond acceptors (Lipinski definition) is 3. The Morgan fingerprint density at radius 1 is 0.276 bits per heavy atom. The molecule has 3 nitrogen and oxygen atoms in total. The summed E-state index contributed by atoms with van der Waals surface area (Å²) in [5.41, 5.74) is 6.75. The van der Waals surface area contributed by atoms with E-state index in [4.69, 9.17) is 13.6 Å². The van der Waals surface area contributed by atoms with Crippen molar-refractivity contribution in [1.29, 1.82) is 0 Å². The summed E-state index contributed by atoms with van der Waals surface area (Å²) in [6.07, 6.45) is 0. The van der Waals surface area contributed by atoms with Crippen LogP contribution in [0.15, 0.2) is 91.0 Å². The Morgan fingerprint density at radius 2 is 0.517 bits per heavy atom. The lowest BCUT2D eigenvalue weighted by Crippen LogP contribution is -2.17. The topological polar surface area (TPSA) is 27.7 Å². The van der Waals surface area contributed by atoms with Crippen LogP contribution in [0.5, 0.6) is 17.2 Å². The molecule has 6 rings (SSSR count). The molecule has 6 aromatic carbocycles. The van der Waals surface area contributed by atoms with Crippen LogP contribution in [0.1, 0.15) is 158 Å². The van der Waals surface area contributed by atoms with Crippen LogP contribution in [0, 0.1) is 0 Å². The normalized spacial score (nSPS) is 13.5. The molecule has 0 saturated carbocycles. The number of rotatable bonds is 6. The van der Waals surface area contributed by atoms with Crippen molar-refractivity contribution < 1.29 is 13.6 Å². The van der Waals surface area contributed by atoms with E-state index in [1.165, 1.54) is 32.8 Å². The molecule has 0 saturated heterocycles. The van der Waals surface area contributed by atoms with Crippen molar-refractivity contribution in [3.8, 4) is 17.2 Å². The fraction of sp³-hybridized carbons (Fsp3) is 0.444. The second-order valence-corrected chi connectivity index (χ2v) is 23.7. The predicted octanol–water partition coefficient (Wildman–Crippen LogP) is 16.7. The van der Waals surface area contributed by atoms with Crippen molar-refractivity contribution in [3.05, 3.63) is 124 Å². The van der Waals surface area contributed by atoms with Gasteiger partial charge in [0, 0.05) is 16.7 Å². The van der Waals surface area contributed by atoms with Crippen LogP contribution in [0.4, 0.5) is 0 Å². The highest BCUT2D eigenvalue weighted by molar-refractivity contribution is 7.43. The summed E-state index contributed by atoms with van der Waals surface area (Å²) in [5.74, 6) is 2.32. The van der Waals surface area contributed by atoms with E-state index in [9.17, 15) is 0 Å². The van der Waals surface area contributed by atoms with E-state index in [-0.39, 0.29) is 32.5 Å². The van der Waals surface area contributed by atoms with Crippen molar-refractivity contribution >= 4 is 40.9 Å². The van der Waals surface area contributed by atoms with Crippen molar-refractivity contribution in [2.75, 3.05) is 0 Å². The van der Waals surface area contributed by atoms with Gasteiger partial charge in [0.1, 0.15) is 17.2 Å². The lowest BCUT2D eigenvalue weighted by Gasteiger charge is -2.30. The number of fused-ring (bicyclic) bond motifs is 3. The van der Waals surface area contributed by atoms with Crippen LogP contribution in [0.2, 0.25) is 0 Å². The first-order valence-electron chi connectivity index (χ1n) is 21.1. The van der Waals surface area contributed by atoms with Crippen molar-refractivity contribution in [2.24, 2.45) is 0 Å². The third-order valence-corrected chi connectivity index (χ3v) is 12.4. The highest BCUT2D eigenvalue weighted by Crippen LogP contribution is 2.51. The Bertz CT molecular complexity index is 2200. The van der Waals surface area contributed by atoms with Gasteiger partial charge in [0.25, 0.3) is 0 Å². The molecule has 0 spiro atoms. The maximum absolute atomic E-state index is 7.19. The third-order valence-electron chi connectivity index (χ3n) is 11.4. The Morgan fingerprint density at radius 3 is 0.724 bits per heavy atom. The quantitative estimate of drug-likeness (QED) is 0.157. The van der Waals surface area contributed by atoms with E-state index >= 15 is 0 Å². The first-order valence-corrected chi connectivity index (χ1v) is 22.2. The zero-order valence-electron chi connectivity index (χ0n) is 38.8. The summed E-state index contributed by atoms with van der Waals surface area (Å²) >= 11 is 0. The van der Waals surface area contributed by atoms with Gasteiger partial charge < -0.3 is 13.6 Å². The molecular weight excluding hydrogens is 728 g/mol. The summed E-state index contributed by atoms with van der Waals surface area (Å²) in [7, 11) is -2.02. The lowest BCUT2D eigenvalue weighted by molar-refractivity contribution is 0.373. The second-order valence-electron chi connectivity index (χ2n) is 22.7. The SMILES string of the molecule is CC(C)(C)c1ccc2cc(OP(Oc3cc4ccc(C(C)(C)C)cc4cc3C(C)(C)C)Oc3cc4ccc(C(C)(C)C)cc4cc3C(C)(C)C)c(C(C)(C)C)cc2c1. The molecule has 0 heterocycles. The minimum Gasteiger partial charge on any atom is -0.408 e. The average molecular weight is 797 g/mol. The van der Waals surface area contributed by atoms with Gasteiger partial charge >= 0.3 is 8.60 Å². The zero-order chi connectivity index (χ0) is 43.0. The molecule has 0 aromatic heterocycles. The highest BCUT2D eigenvalue weighted by atomic mass is 31.2. The Labute approximate surface area is 351 Å². The first-order chi connectivity index (χ1) is 26.5. The number of benzene rings is 6. The molecule has 0 bridgehead atoms. The van der Waals surface area contributed by atoms with E-state index < -0.39 is 8.60 Å². The van der Waals surface area contributed by atoms with Gasteiger partial charge in [-0.25, -0.2) is 0 Å². The molecule has 0 atom stereocenters. The smallest absolute Gasteiger partial charge is 0.408 e. The largest absolute Gasteiger partial charge is 0.530 e. The summed E-state index contributed by atoms with van der Waals surface area (Å²) < 4.78 is 21.6. The monoisotopic (exact) mass is 796 g/mol. The molecule has 0 aliphatic heterocycles. The molecule has 0 unspecified atom stereocenters. The minimum atomic E-state index is -2.02. The van der Waals surface area contributed by atoms with Crippen LogP contribution >= 0.6 is 8.60 Å². The van der Waals surface area contributed by atoms with Crippen molar-refractivity contribution in [1.82, 2.24) is 0 Å². The molecule has 4 heteroatoms. The summed E-state index contributed by atoms with van der Waals surface area (Å²) in [6.45, 7) is 40.6. The fourth-order valence-electron chi connectivity index (χ4n) is 7.51. The van der Waals surface area contributed by atoms with Crippen LogP contribution < -0.4 is 13.6 Å². The second kappa shape index (κ2) is 14.9. The summed E-state index contributed by atoms with van der Waals surface area (Å²) in [4.78, 5) is 0. The molecule has 0 radical (unpaired) electrons. The third kappa shape index (κ3) is 9.52. The van der Waals surface area contributed by atoms with Gasteiger partial charge in [-0.15, -0.1) is 0 Å². The minimum absolute atomic E-state index is 0.0408. The van der Waals surface area contributed by atoms with Gasteiger partial charge in [-0.05, 0) is 118 Å². The molecular formula is C54H69O3P. The molecule has 308 valence electrons. The molecule has 0 N–H and O–H groups in total. The van der Waals surface area contributed by atoms with Gasteiger partial charge in [0.15, 0.2) is 0 Å². The van der Waals surface area contributed by atoms with Gasteiger partial charge in [-0.3, -0.25) is 0 Å². The Hall–Kier alpha value is -4.07. The van der Waals surface area contributed by atoms with E-state index in [0.717, 1.165) is 50.1 Å². The Balaban J connectivity index is 1.56. The number of hydrogen-bond donors (Lipinski definition) is 0. The zero-order valence-corrected chi connectivity index (χ0v) is 39.7. The maximum Gasteiger partial charge on any atom is 0.530 e. The molecule has 0 aliphatic carbocycles. The fourth-order valence-corrected chi connectivity index (χ4v) is 8.56. The van der Waals surface area contributed by atoms with Gasteiger partial charge in [-0.1, -0.05) is 179 Å². The van der Waals surface area contributed by atoms with Gasteiger partial charge in [0.2, 0.25) is 0 Å². The van der Waals surface area contributed by atoms with Crippen molar-refractivity contribution in [2.45, 2.75) is 157 Å². The molecule has 58 heavy (non-hydrogen) atoms. The van der Waals surface area contributed by atoms with Gasteiger partial charge in [-0.2, -0.15) is 0 Å². The maximum atomic E-state index is 7.19.